The van der Waals surface area contributed by atoms with E-state index in [4.69, 9.17) is 29.8 Å². The van der Waals surface area contributed by atoms with E-state index in [9.17, 15) is 4.79 Å². The zero-order valence-corrected chi connectivity index (χ0v) is 28.3. The van der Waals surface area contributed by atoms with Crippen LogP contribution in [0.1, 0.15) is 40.3 Å². The number of benzene rings is 5. The second-order valence-corrected chi connectivity index (χ2v) is 12.1. The Balaban J connectivity index is 1.43. The van der Waals surface area contributed by atoms with Crippen molar-refractivity contribution in [3.63, 3.8) is 0 Å². The third kappa shape index (κ3) is 8.21. The lowest BCUT2D eigenvalue weighted by atomic mass is 9.80. The summed E-state index contributed by atoms with van der Waals surface area (Å²) in [5.41, 5.74) is 13.7. The molecule has 0 saturated heterocycles. The number of hydrogen-bond acceptors (Lipinski definition) is 7. The van der Waals surface area contributed by atoms with Gasteiger partial charge in [0.15, 0.2) is 11.6 Å². The van der Waals surface area contributed by atoms with Gasteiger partial charge in [0, 0.05) is 36.5 Å². The second-order valence-electron chi connectivity index (χ2n) is 12.1. The van der Waals surface area contributed by atoms with Crippen LogP contribution in [-0.4, -0.2) is 42.8 Å². The van der Waals surface area contributed by atoms with Crippen LogP contribution in [0.25, 0.3) is 21.6 Å². The highest BCUT2D eigenvalue weighted by atomic mass is 16.5. The fourth-order valence-corrected chi connectivity index (χ4v) is 6.12. The second kappa shape index (κ2) is 16.5. The molecule has 0 fully saturated rings. The molecule has 1 heterocycles. The molecule has 1 aliphatic rings. The number of nitrogens with zero attached hydrogens (tertiary/aromatic N) is 4. The van der Waals surface area contributed by atoms with Crippen LogP contribution in [0.2, 0.25) is 0 Å². The summed E-state index contributed by atoms with van der Waals surface area (Å²) in [6.07, 6.45) is -0.103. The van der Waals surface area contributed by atoms with Gasteiger partial charge in [-0.1, -0.05) is 96.1 Å². The molecule has 0 spiro atoms. The van der Waals surface area contributed by atoms with Crippen LogP contribution in [0.4, 0.5) is 0 Å². The highest BCUT2D eigenvalue weighted by Gasteiger charge is 2.53. The molecular formula is C41H39N5O5. The maximum atomic E-state index is 14.8. The predicted octanol–water partition coefficient (Wildman–Crippen LogP) is 7.75. The van der Waals surface area contributed by atoms with Gasteiger partial charge in [0.05, 0.1) is 20.3 Å². The quantitative estimate of drug-likeness (QED) is 0.0504. The van der Waals surface area contributed by atoms with E-state index in [-0.39, 0.29) is 32.0 Å². The molecule has 0 aliphatic carbocycles. The first kappa shape index (κ1) is 34.8. The molecule has 10 nitrogen and oxygen atoms in total. The Morgan fingerprint density at radius 1 is 0.863 bits per heavy atom. The summed E-state index contributed by atoms with van der Waals surface area (Å²) < 4.78 is 17.8. The number of nitrogens with one attached hydrogen (secondary N) is 1. The Morgan fingerprint density at radius 3 is 2.20 bits per heavy atom. The SMILES string of the molecule is COc1ccc(CNC(=O)[C@]2(Cc3ccccc3CN=[N+]=[N-])N=C(c3ccc(OCCCO)cc3)O[C@@H]2c2ccc(-c3ccccc3)cc2)cc1. The number of amides is 1. The lowest BCUT2D eigenvalue weighted by Gasteiger charge is -2.31. The fraction of sp³-hybridized carbons (Fsp3) is 0.220. The van der Waals surface area contributed by atoms with Crippen molar-refractivity contribution in [1.82, 2.24) is 5.32 Å². The molecule has 5 aromatic rings. The Bertz CT molecular complexity index is 1990. The van der Waals surface area contributed by atoms with Gasteiger partial charge in [-0.05, 0) is 75.3 Å². The largest absolute Gasteiger partial charge is 0.497 e. The van der Waals surface area contributed by atoms with E-state index in [0.717, 1.165) is 39.1 Å². The molecule has 0 unspecified atom stereocenters. The zero-order valence-electron chi connectivity index (χ0n) is 28.3. The number of aliphatic hydroxyl groups excluding tert-OH is 1. The number of carbonyl (C=O) groups excluding carboxylic acids is 1. The molecule has 10 heteroatoms. The molecule has 0 aromatic heterocycles. The first-order valence-corrected chi connectivity index (χ1v) is 16.8. The van der Waals surface area contributed by atoms with Crippen molar-refractivity contribution in [2.45, 2.75) is 37.6 Å². The van der Waals surface area contributed by atoms with Crippen molar-refractivity contribution >= 4 is 11.8 Å². The zero-order chi connectivity index (χ0) is 35.5. The van der Waals surface area contributed by atoms with Crippen LogP contribution in [0.5, 0.6) is 11.5 Å². The summed E-state index contributed by atoms with van der Waals surface area (Å²) in [5, 5.41) is 16.1. The first-order chi connectivity index (χ1) is 25.0. The van der Waals surface area contributed by atoms with E-state index in [1.165, 1.54) is 0 Å². The summed E-state index contributed by atoms with van der Waals surface area (Å²) in [6.45, 7) is 0.823. The Hall–Kier alpha value is -6.09. The summed E-state index contributed by atoms with van der Waals surface area (Å²) in [5.74, 6) is 1.38. The smallest absolute Gasteiger partial charge is 0.252 e. The number of aliphatic hydroxyl groups is 1. The molecule has 0 bridgehead atoms. The number of aliphatic imine (C=N–C) groups is 1. The van der Waals surface area contributed by atoms with Crippen LogP contribution in [0, 0.1) is 0 Å². The fourth-order valence-electron chi connectivity index (χ4n) is 6.12. The lowest BCUT2D eigenvalue weighted by Crippen LogP contribution is -2.49. The van der Waals surface area contributed by atoms with Gasteiger partial charge in [-0.3, -0.25) is 4.79 Å². The molecule has 0 radical (unpaired) electrons. The van der Waals surface area contributed by atoms with Crippen LogP contribution in [0.3, 0.4) is 0 Å². The van der Waals surface area contributed by atoms with Gasteiger partial charge in [0.2, 0.25) is 5.90 Å². The van der Waals surface area contributed by atoms with Gasteiger partial charge in [-0.2, -0.15) is 0 Å². The van der Waals surface area contributed by atoms with Crippen molar-refractivity contribution in [2.24, 2.45) is 10.1 Å². The third-order valence-electron chi connectivity index (χ3n) is 8.85. The maximum Gasteiger partial charge on any atom is 0.252 e. The van der Waals surface area contributed by atoms with Crippen LogP contribution >= 0.6 is 0 Å². The van der Waals surface area contributed by atoms with Gasteiger partial charge in [-0.15, -0.1) is 0 Å². The normalized spacial score (nSPS) is 16.4. The van der Waals surface area contributed by atoms with Crippen molar-refractivity contribution in [2.75, 3.05) is 20.3 Å². The van der Waals surface area contributed by atoms with Crippen molar-refractivity contribution in [1.29, 1.82) is 0 Å². The average molecular weight is 682 g/mol. The average Bonchev–Trinajstić information content (AvgIpc) is 3.58. The van der Waals surface area contributed by atoms with Gasteiger partial charge in [0.25, 0.3) is 5.91 Å². The number of rotatable bonds is 15. The van der Waals surface area contributed by atoms with Crippen molar-refractivity contribution < 1.29 is 24.1 Å². The van der Waals surface area contributed by atoms with Gasteiger partial charge in [-0.25, -0.2) is 4.99 Å². The highest BCUT2D eigenvalue weighted by Crippen LogP contribution is 2.43. The van der Waals surface area contributed by atoms with Gasteiger partial charge < -0.3 is 24.6 Å². The van der Waals surface area contributed by atoms with Gasteiger partial charge >= 0.3 is 0 Å². The molecule has 51 heavy (non-hydrogen) atoms. The van der Waals surface area contributed by atoms with E-state index < -0.39 is 11.6 Å². The predicted molar refractivity (Wildman–Crippen MR) is 196 cm³/mol. The topological polar surface area (TPSA) is 138 Å². The number of carbonyl (C=O) groups is 1. The molecule has 1 amide bonds. The Kier molecular flexibility index (Phi) is 11.3. The van der Waals surface area contributed by atoms with Crippen molar-refractivity contribution in [3.05, 3.63) is 166 Å². The van der Waals surface area contributed by atoms with Gasteiger partial charge in [0.1, 0.15) is 11.5 Å². The lowest BCUT2D eigenvalue weighted by molar-refractivity contribution is -0.129. The monoisotopic (exact) mass is 681 g/mol. The first-order valence-electron chi connectivity index (χ1n) is 16.8. The van der Waals surface area contributed by atoms with E-state index >= 15 is 0 Å². The Labute approximate surface area is 297 Å². The minimum Gasteiger partial charge on any atom is -0.497 e. The molecular weight excluding hydrogens is 642 g/mol. The number of ether oxygens (including phenoxy) is 3. The molecule has 2 atom stereocenters. The van der Waals surface area contributed by atoms with Crippen molar-refractivity contribution in [3.8, 4) is 22.6 Å². The standard InChI is InChI=1S/C41H39N5O5/c1-49-36-20-12-29(13-21-36)27-43-40(48)41(26-34-10-5-6-11-35(34)28-44-46-42)38(32-16-14-31(15-17-32)30-8-3-2-4-9-30)51-39(45-41)33-18-22-37(23-19-33)50-25-7-24-47/h2-6,8-23,38,47H,7,24-28H2,1H3,(H,43,48)/t38-,41-/m1/s1. The number of azide groups is 1. The molecule has 5 aromatic carbocycles. The summed E-state index contributed by atoms with van der Waals surface area (Å²) in [7, 11) is 1.61. The third-order valence-corrected chi connectivity index (χ3v) is 8.85. The highest BCUT2D eigenvalue weighted by molar-refractivity contribution is 6.01. The van der Waals surface area contributed by atoms with E-state index in [0.29, 0.717) is 30.2 Å². The molecule has 258 valence electrons. The van der Waals surface area contributed by atoms with E-state index in [2.05, 4.69) is 27.5 Å². The maximum absolute atomic E-state index is 14.8. The Morgan fingerprint density at radius 2 is 1.51 bits per heavy atom. The van der Waals surface area contributed by atoms with E-state index in [1.54, 1.807) is 7.11 Å². The number of hydrogen-bond donors (Lipinski definition) is 2. The van der Waals surface area contributed by atoms with E-state index in [1.807, 2.05) is 115 Å². The minimum atomic E-state index is -1.45. The molecule has 1 aliphatic heterocycles. The number of methoxy groups -OCH3 is 1. The summed E-state index contributed by atoms with van der Waals surface area (Å²) >= 11 is 0. The van der Waals surface area contributed by atoms with Crippen LogP contribution in [0.15, 0.2) is 138 Å². The molecule has 6 rings (SSSR count). The van der Waals surface area contributed by atoms with Crippen LogP contribution in [-0.2, 0) is 29.0 Å². The minimum absolute atomic E-state index is 0.0467. The molecule has 2 N–H and O–H groups in total. The summed E-state index contributed by atoms with van der Waals surface area (Å²) in [6, 6.07) is 40.6. The van der Waals surface area contributed by atoms with Crippen LogP contribution < -0.4 is 14.8 Å². The summed E-state index contributed by atoms with van der Waals surface area (Å²) in [4.78, 5) is 22.9. The molecule has 0 saturated carbocycles.